The summed E-state index contributed by atoms with van der Waals surface area (Å²) in [5.74, 6) is 0.716. The molecule has 0 spiro atoms. The summed E-state index contributed by atoms with van der Waals surface area (Å²) in [6.07, 6.45) is 5.08. The van der Waals surface area contributed by atoms with Gasteiger partial charge in [-0.1, -0.05) is 19.8 Å². The van der Waals surface area contributed by atoms with Gasteiger partial charge in [0.25, 0.3) is 0 Å². The van der Waals surface area contributed by atoms with Crippen LogP contribution in [0.5, 0.6) is 0 Å². The van der Waals surface area contributed by atoms with Gasteiger partial charge in [-0.15, -0.1) is 11.3 Å². The maximum Gasteiger partial charge on any atom is 0.412 e. The number of carbonyl (C=O) groups is 1. The third kappa shape index (κ3) is 3.13. The van der Waals surface area contributed by atoms with E-state index in [9.17, 15) is 10.1 Å². The summed E-state index contributed by atoms with van der Waals surface area (Å²) >= 11 is 1.54. The molecule has 1 heterocycles. The third-order valence-electron chi connectivity index (χ3n) is 3.67. The van der Waals surface area contributed by atoms with Crippen LogP contribution < -0.4 is 5.32 Å². The fourth-order valence-electron chi connectivity index (χ4n) is 2.78. The molecule has 1 amide bonds. The van der Waals surface area contributed by atoms with Gasteiger partial charge < -0.3 is 4.74 Å². The maximum absolute atomic E-state index is 11.5. The van der Waals surface area contributed by atoms with E-state index in [1.807, 2.05) is 0 Å². The van der Waals surface area contributed by atoms with Crippen molar-refractivity contribution in [2.75, 3.05) is 11.9 Å². The van der Waals surface area contributed by atoms with Gasteiger partial charge in [0.2, 0.25) is 0 Å². The van der Waals surface area contributed by atoms with Gasteiger partial charge in [-0.25, -0.2) is 4.79 Å². The Bertz CT molecular complexity index is 531. The lowest BCUT2D eigenvalue weighted by Crippen LogP contribution is -2.13. The van der Waals surface area contributed by atoms with Crippen molar-refractivity contribution in [3.8, 4) is 6.07 Å². The van der Waals surface area contributed by atoms with E-state index < -0.39 is 6.09 Å². The second kappa shape index (κ2) is 6.76. The zero-order chi connectivity index (χ0) is 14.5. The minimum Gasteiger partial charge on any atom is -0.450 e. The highest BCUT2D eigenvalue weighted by molar-refractivity contribution is 7.16. The van der Waals surface area contributed by atoms with E-state index >= 15 is 0 Å². The van der Waals surface area contributed by atoms with Crippen LogP contribution in [0.4, 0.5) is 9.80 Å². The van der Waals surface area contributed by atoms with Gasteiger partial charge in [0.1, 0.15) is 11.1 Å². The highest BCUT2D eigenvalue weighted by Crippen LogP contribution is 2.40. The highest BCUT2D eigenvalue weighted by atomic mass is 32.1. The Morgan fingerprint density at radius 2 is 2.35 bits per heavy atom. The number of hydrogen-bond donors (Lipinski definition) is 1. The van der Waals surface area contributed by atoms with Crippen LogP contribution in [-0.4, -0.2) is 12.7 Å². The van der Waals surface area contributed by atoms with E-state index in [2.05, 4.69) is 18.3 Å². The topological polar surface area (TPSA) is 62.1 Å². The summed E-state index contributed by atoms with van der Waals surface area (Å²) in [5, 5.41) is 12.7. The normalized spacial score (nSPS) is 17.1. The number of hydrogen-bond acceptors (Lipinski definition) is 4. The Labute approximate surface area is 123 Å². The first-order chi connectivity index (χ1) is 9.69. The van der Waals surface area contributed by atoms with Crippen LogP contribution in [0.15, 0.2) is 0 Å². The summed E-state index contributed by atoms with van der Waals surface area (Å²) < 4.78 is 4.88. The molecule has 0 aromatic carbocycles. The van der Waals surface area contributed by atoms with Crippen molar-refractivity contribution in [3.05, 3.63) is 16.0 Å². The van der Waals surface area contributed by atoms with Gasteiger partial charge in [0.05, 0.1) is 12.2 Å². The van der Waals surface area contributed by atoms with Crippen LogP contribution in [0.1, 0.15) is 49.1 Å². The van der Waals surface area contributed by atoms with Gasteiger partial charge in [0.15, 0.2) is 0 Å². The molecule has 108 valence electrons. The molecule has 0 bridgehead atoms. The molecule has 4 nitrogen and oxygen atoms in total. The van der Waals surface area contributed by atoms with E-state index in [0.717, 1.165) is 24.8 Å². The lowest BCUT2D eigenvalue weighted by Gasteiger charge is -2.21. The lowest BCUT2D eigenvalue weighted by atomic mass is 9.85. The second-order valence-corrected chi connectivity index (χ2v) is 6.17. The van der Waals surface area contributed by atoms with Crippen molar-refractivity contribution in [2.45, 2.75) is 46.0 Å². The summed E-state index contributed by atoms with van der Waals surface area (Å²) in [4.78, 5) is 12.8. The van der Waals surface area contributed by atoms with Crippen molar-refractivity contribution in [1.29, 1.82) is 5.26 Å². The summed E-state index contributed by atoms with van der Waals surface area (Å²) in [6.45, 7) is 4.30. The average Bonchev–Trinajstić information content (AvgIpc) is 2.75. The maximum atomic E-state index is 11.5. The molecule has 0 unspecified atom stereocenters. The van der Waals surface area contributed by atoms with Crippen LogP contribution in [0.25, 0.3) is 0 Å². The molecule has 0 radical (unpaired) electrons. The first-order valence-corrected chi connectivity index (χ1v) is 7.99. The van der Waals surface area contributed by atoms with E-state index in [0.29, 0.717) is 23.1 Å². The molecule has 0 saturated carbocycles. The number of fused-ring (bicyclic) bond motifs is 1. The Hall–Kier alpha value is -1.54. The van der Waals surface area contributed by atoms with E-state index in [1.54, 1.807) is 6.92 Å². The number of amides is 1. The summed E-state index contributed by atoms with van der Waals surface area (Å²) in [5.41, 5.74) is 1.77. The highest BCUT2D eigenvalue weighted by Gasteiger charge is 2.26. The van der Waals surface area contributed by atoms with Crippen LogP contribution in [0.2, 0.25) is 0 Å². The molecule has 20 heavy (non-hydrogen) atoms. The molecule has 5 heteroatoms. The summed E-state index contributed by atoms with van der Waals surface area (Å²) in [6, 6.07) is 2.24. The largest absolute Gasteiger partial charge is 0.450 e. The smallest absolute Gasteiger partial charge is 0.412 e. The molecule has 2 rings (SSSR count). The number of carbonyl (C=O) groups excluding carboxylic acids is 1. The first-order valence-electron chi connectivity index (χ1n) is 7.17. The van der Waals surface area contributed by atoms with Crippen LogP contribution >= 0.6 is 11.3 Å². The number of nitrogens with one attached hydrogen (secondary N) is 1. The van der Waals surface area contributed by atoms with Crippen molar-refractivity contribution < 1.29 is 9.53 Å². The van der Waals surface area contributed by atoms with Crippen molar-refractivity contribution in [1.82, 2.24) is 0 Å². The quantitative estimate of drug-likeness (QED) is 0.909. The van der Waals surface area contributed by atoms with Gasteiger partial charge in [-0.2, -0.15) is 5.26 Å². The molecule has 1 atom stereocenters. The van der Waals surface area contributed by atoms with Crippen molar-refractivity contribution in [2.24, 2.45) is 5.92 Å². The van der Waals surface area contributed by atoms with Gasteiger partial charge in [-0.05, 0) is 37.7 Å². The first kappa shape index (κ1) is 14.9. The number of anilines is 1. The van der Waals surface area contributed by atoms with Gasteiger partial charge >= 0.3 is 6.09 Å². The number of nitriles is 1. The molecule has 0 fully saturated rings. The molecular formula is C15H20N2O2S. The molecule has 0 saturated heterocycles. The molecule has 1 N–H and O–H groups in total. The number of ether oxygens (including phenoxy) is 1. The molecule has 0 aliphatic heterocycles. The van der Waals surface area contributed by atoms with E-state index in [-0.39, 0.29) is 0 Å². The zero-order valence-corrected chi connectivity index (χ0v) is 12.8. The standard InChI is InChI=1S/C15H20N2O2S/c1-3-5-10-6-7-11-12(9-16)14(20-13(11)8-10)17-15(18)19-4-2/h10H,3-8H2,1-2H3,(H,17,18)/t10-/m0/s1. The molecule has 1 aliphatic rings. The predicted molar refractivity (Wildman–Crippen MR) is 80.1 cm³/mol. The average molecular weight is 292 g/mol. The summed E-state index contributed by atoms with van der Waals surface area (Å²) in [7, 11) is 0. The van der Waals surface area contributed by atoms with Crippen LogP contribution in [-0.2, 0) is 17.6 Å². The third-order valence-corrected chi connectivity index (χ3v) is 4.84. The van der Waals surface area contributed by atoms with Gasteiger partial charge in [-0.3, -0.25) is 5.32 Å². The number of rotatable bonds is 4. The monoisotopic (exact) mass is 292 g/mol. The van der Waals surface area contributed by atoms with Crippen molar-refractivity contribution in [3.63, 3.8) is 0 Å². The fourth-order valence-corrected chi connectivity index (χ4v) is 4.07. The number of thiophene rings is 1. The zero-order valence-electron chi connectivity index (χ0n) is 12.0. The fraction of sp³-hybridized carbons (Fsp3) is 0.600. The minimum absolute atomic E-state index is 0.331. The SMILES string of the molecule is CCC[C@H]1CCc2c(sc(NC(=O)OCC)c2C#N)C1. The molecule has 1 aromatic rings. The second-order valence-electron chi connectivity index (χ2n) is 5.06. The van der Waals surface area contributed by atoms with E-state index in [1.165, 1.54) is 29.1 Å². The van der Waals surface area contributed by atoms with Crippen LogP contribution in [0, 0.1) is 17.2 Å². The Morgan fingerprint density at radius 1 is 1.55 bits per heavy atom. The number of nitrogens with zero attached hydrogens (tertiary/aromatic N) is 1. The van der Waals surface area contributed by atoms with Crippen LogP contribution in [0.3, 0.4) is 0 Å². The van der Waals surface area contributed by atoms with Crippen molar-refractivity contribution >= 4 is 22.4 Å². The lowest BCUT2D eigenvalue weighted by molar-refractivity contribution is 0.168. The Kier molecular flexibility index (Phi) is 5.02. The van der Waals surface area contributed by atoms with Gasteiger partial charge in [0, 0.05) is 4.88 Å². The Balaban J connectivity index is 2.19. The Morgan fingerprint density at radius 3 is 3.00 bits per heavy atom. The van der Waals surface area contributed by atoms with E-state index in [4.69, 9.17) is 4.74 Å². The molecule has 1 aromatic heterocycles. The predicted octanol–water partition coefficient (Wildman–Crippen LogP) is 4.09. The molecular weight excluding hydrogens is 272 g/mol. The minimum atomic E-state index is -0.479. The molecule has 1 aliphatic carbocycles.